The van der Waals surface area contributed by atoms with Crippen molar-refractivity contribution in [2.45, 2.75) is 18.3 Å². The molecule has 2 unspecified atom stereocenters. The molecular formula is C7H11BrO3. The highest BCUT2D eigenvalue weighted by molar-refractivity contribution is 9.09. The van der Waals surface area contributed by atoms with E-state index < -0.39 is 5.79 Å². The predicted octanol–water partition coefficient (Wildman–Crippen LogP) is 0.913. The molecule has 0 amide bonds. The van der Waals surface area contributed by atoms with Crippen molar-refractivity contribution < 1.29 is 14.2 Å². The molecule has 64 valence electrons. The van der Waals surface area contributed by atoms with E-state index in [0.29, 0.717) is 13.2 Å². The Morgan fingerprint density at radius 2 is 2.45 bits per heavy atom. The standard InChI is InChI=1S/C7H11BrO3/c8-3-6-4-10-7(11-6)1-2-9-5-7/h6H,1-5H2. The van der Waals surface area contributed by atoms with Gasteiger partial charge in [0.05, 0.1) is 19.3 Å². The Morgan fingerprint density at radius 3 is 3.00 bits per heavy atom. The van der Waals surface area contributed by atoms with Gasteiger partial charge in [0, 0.05) is 11.8 Å². The Hall–Kier alpha value is 0.360. The van der Waals surface area contributed by atoms with Crippen LogP contribution in [-0.4, -0.2) is 37.0 Å². The van der Waals surface area contributed by atoms with Gasteiger partial charge in [0.25, 0.3) is 0 Å². The molecule has 0 aliphatic carbocycles. The Labute approximate surface area is 74.1 Å². The molecule has 2 aliphatic heterocycles. The van der Waals surface area contributed by atoms with Gasteiger partial charge in [-0.15, -0.1) is 0 Å². The average Bonchev–Trinajstić information content (AvgIpc) is 2.62. The summed E-state index contributed by atoms with van der Waals surface area (Å²) in [6.45, 7) is 2.04. The van der Waals surface area contributed by atoms with Gasteiger partial charge in [-0.1, -0.05) is 15.9 Å². The van der Waals surface area contributed by atoms with Crippen LogP contribution < -0.4 is 0 Å². The molecule has 0 radical (unpaired) electrons. The maximum atomic E-state index is 5.66. The van der Waals surface area contributed by atoms with E-state index in [4.69, 9.17) is 14.2 Å². The van der Waals surface area contributed by atoms with Gasteiger partial charge in [-0.25, -0.2) is 0 Å². The first-order chi connectivity index (χ1) is 5.35. The van der Waals surface area contributed by atoms with Gasteiger partial charge in [-0.3, -0.25) is 0 Å². The maximum Gasteiger partial charge on any atom is 0.194 e. The summed E-state index contributed by atoms with van der Waals surface area (Å²) in [6, 6.07) is 0. The van der Waals surface area contributed by atoms with Gasteiger partial charge < -0.3 is 14.2 Å². The third kappa shape index (κ3) is 1.45. The minimum absolute atomic E-state index is 0.205. The lowest BCUT2D eigenvalue weighted by Crippen LogP contribution is -2.31. The summed E-state index contributed by atoms with van der Waals surface area (Å²) in [6.07, 6.45) is 1.08. The molecule has 0 aromatic heterocycles. The van der Waals surface area contributed by atoms with Crippen LogP contribution in [0.4, 0.5) is 0 Å². The minimum Gasteiger partial charge on any atom is -0.376 e. The van der Waals surface area contributed by atoms with Crippen molar-refractivity contribution in [3.8, 4) is 0 Å². The second-order valence-electron chi connectivity index (χ2n) is 2.92. The number of halogens is 1. The van der Waals surface area contributed by atoms with Crippen LogP contribution in [0.25, 0.3) is 0 Å². The molecule has 2 atom stereocenters. The van der Waals surface area contributed by atoms with Crippen molar-refractivity contribution in [3.63, 3.8) is 0 Å². The second-order valence-corrected chi connectivity index (χ2v) is 3.57. The molecule has 1 spiro atoms. The van der Waals surface area contributed by atoms with E-state index in [0.717, 1.165) is 18.4 Å². The van der Waals surface area contributed by atoms with Crippen molar-refractivity contribution in [1.82, 2.24) is 0 Å². The number of hydrogen-bond acceptors (Lipinski definition) is 3. The number of hydrogen-bond donors (Lipinski definition) is 0. The van der Waals surface area contributed by atoms with E-state index >= 15 is 0 Å². The maximum absolute atomic E-state index is 5.66. The minimum atomic E-state index is -0.390. The van der Waals surface area contributed by atoms with E-state index in [1.807, 2.05) is 0 Å². The fourth-order valence-electron chi connectivity index (χ4n) is 1.43. The normalized spacial score (nSPS) is 43.9. The number of alkyl halides is 1. The highest BCUT2D eigenvalue weighted by Gasteiger charge is 2.44. The first-order valence-corrected chi connectivity index (χ1v) is 4.92. The molecular weight excluding hydrogens is 212 g/mol. The third-order valence-corrected chi connectivity index (χ3v) is 2.76. The highest BCUT2D eigenvalue weighted by Crippen LogP contribution is 2.31. The lowest BCUT2D eigenvalue weighted by atomic mass is 10.2. The Morgan fingerprint density at radius 1 is 1.55 bits per heavy atom. The largest absolute Gasteiger partial charge is 0.376 e. The predicted molar refractivity (Wildman–Crippen MR) is 42.8 cm³/mol. The molecule has 2 saturated heterocycles. The fourth-order valence-corrected chi connectivity index (χ4v) is 1.75. The molecule has 0 saturated carbocycles. The molecule has 2 fully saturated rings. The van der Waals surface area contributed by atoms with Crippen molar-refractivity contribution in [2.24, 2.45) is 0 Å². The van der Waals surface area contributed by atoms with Gasteiger partial charge in [0.15, 0.2) is 5.79 Å². The molecule has 0 N–H and O–H groups in total. The summed E-state index contributed by atoms with van der Waals surface area (Å²) in [4.78, 5) is 0. The molecule has 2 heterocycles. The van der Waals surface area contributed by atoms with E-state index in [2.05, 4.69) is 15.9 Å². The quantitative estimate of drug-likeness (QED) is 0.618. The lowest BCUT2D eigenvalue weighted by Gasteiger charge is -2.19. The molecule has 3 nitrogen and oxygen atoms in total. The first-order valence-electron chi connectivity index (χ1n) is 3.80. The van der Waals surface area contributed by atoms with Crippen LogP contribution in [-0.2, 0) is 14.2 Å². The van der Waals surface area contributed by atoms with Crippen molar-refractivity contribution >= 4 is 15.9 Å². The van der Waals surface area contributed by atoms with E-state index in [9.17, 15) is 0 Å². The second kappa shape index (κ2) is 3.01. The molecule has 4 heteroatoms. The molecule has 2 aliphatic rings. The summed E-state index contributed by atoms with van der Waals surface area (Å²) >= 11 is 3.36. The Kier molecular flexibility index (Phi) is 2.19. The van der Waals surface area contributed by atoms with Gasteiger partial charge in [-0.2, -0.15) is 0 Å². The number of ether oxygens (including phenoxy) is 3. The van der Waals surface area contributed by atoms with E-state index in [-0.39, 0.29) is 6.10 Å². The van der Waals surface area contributed by atoms with Crippen molar-refractivity contribution in [2.75, 3.05) is 25.2 Å². The Bertz CT molecular complexity index is 145. The molecule has 2 rings (SSSR count). The lowest BCUT2D eigenvalue weighted by molar-refractivity contribution is -0.162. The van der Waals surface area contributed by atoms with Crippen molar-refractivity contribution in [3.05, 3.63) is 0 Å². The van der Waals surface area contributed by atoms with E-state index in [1.54, 1.807) is 0 Å². The zero-order chi connectivity index (χ0) is 7.73. The molecule has 0 aromatic carbocycles. The zero-order valence-corrected chi connectivity index (χ0v) is 7.80. The highest BCUT2D eigenvalue weighted by atomic mass is 79.9. The van der Waals surface area contributed by atoms with Crippen molar-refractivity contribution in [1.29, 1.82) is 0 Å². The summed E-state index contributed by atoms with van der Waals surface area (Å²) in [5, 5.41) is 0.842. The summed E-state index contributed by atoms with van der Waals surface area (Å²) in [5.74, 6) is -0.390. The number of rotatable bonds is 1. The van der Waals surface area contributed by atoms with E-state index in [1.165, 1.54) is 0 Å². The third-order valence-electron chi connectivity index (χ3n) is 2.04. The van der Waals surface area contributed by atoms with Crippen LogP contribution in [0.5, 0.6) is 0 Å². The molecule has 11 heavy (non-hydrogen) atoms. The summed E-state index contributed by atoms with van der Waals surface area (Å²) in [5.41, 5.74) is 0. The smallest absolute Gasteiger partial charge is 0.194 e. The topological polar surface area (TPSA) is 27.7 Å². The van der Waals surface area contributed by atoms with Crippen LogP contribution in [0.15, 0.2) is 0 Å². The summed E-state index contributed by atoms with van der Waals surface area (Å²) in [7, 11) is 0. The first kappa shape index (κ1) is 7.98. The van der Waals surface area contributed by atoms with Crippen LogP contribution >= 0.6 is 15.9 Å². The van der Waals surface area contributed by atoms with Gasteiger partial charge in [0.2, 0.25) is 0 Å². The van der Waals surface area contributed by atoms with Crippen LogP contribution in [0.1, 0.15) is 6.42 Å². The summed E-state index contributed by atoms with van der Waals surface area (Å²) < 4.78 is 16.4. The van der Waals surface area contributed by atoms with Gasteiger partial charge in [0.1, 0.15) is 6.61 Å². The average molecular weight is 223 g/mol. The zero-order valence-electron chi connectivity index (χ0n) is 6.22. The van der Waals surface area contributed by atoms with Gasteiger partial charge >= 0.3 is 0 Å². The van der Waals surface area contributed by atoms with Crippen LogP contribution in [0.2, 0.25) is 0 Å². The molecule has 0 aromatic rings. The Balaban J connectivity index is 1.96. The fraction of sp³-hybridized carbons (Fsp3) is 1.00. The van der Waals surface area contributed by atoms with Crippen LogP contribution in [0.3, 0.4) is 0 Å². The SMILES string of the molecule is BrCC1COC2(CCOC2)O1. The van der Waals surface area contributed by atoms with Gasteiger partial charge in [-0.05, 0) is 0 Å². The van der Waals surface area contributed by atoms with Crippen LogP contribution in [0, 0.1) is 0 Å². The molecule has 0 bridgehead atoms. The monoisotopic (exact) mass is 222 g/mol.